The molecule has 7 heteroatoms. The molecule has 0 radical (unpaired) electrons. The molecule has 3 aliphatic heterocycles. The monoisotopic (exact) mass is 341 g/mol. The fourth-order valence-electron chi connectivity index (χ4n) is 3.74. The van der Waals surface area contributed by atoms with Crippen molar-refractivity contribution in [3.8, 4) is 22.8 Å². The lowest BCUT2D eigenvalue weighted by atomic mass is 10.00. The van der Waals surface area contributed by atoms with Crippen molar-refractivity contribution in [3.63, 3.8) is 0 Å². The lowest BCUT2D eigenvalue weighted by molar-refractivity contribution is -0.141. The number of H-pyrrole nitrogens is 1. The van der Waals surface area contributed by atoms with E-state index in [2.05, 4.69) is 10.2 Å². The van der Waals surface area contributed by atoms with Gasteiger partial charge in [0, 0.05) is 42.9 Å². The number of hydrogen-bond donors (Lipinski definition) is 1. The Kier molecular flexibility index (Phi) is 3.41. The van der Waals surface area contributed by atoms with E-state index in [1.165, 1.54) is 0 Å². The number of benzene rings is 1. The maximum absolute atomic E-state index is 12.7. The Morgan fingerprint density at radius 1 is 1.28 bits per heavy atom. The normalized spacial score (nSPS) is 21.4. The number of aromatic amines is 1. The molecule has 0 spiro atoms. The Hall–Kier alpha value is -2.54. The number of rotatable bonds is 2. The molecule has 1 saturated heterocycles. The molecule has 7 nitrogen and oxygen atoms in total. The fraction of sp³-hybridized carbons (Fsp3) is 0.444. The number of nitrogens with one attached hydrogen (secondary N) is 1. The van der Waals surface area contributed by atoms with E-state index >= 15 is 0 Å². The summed E-state index contributed by atoms with van der Waals surface area (Å²) in [6.45, 7) is 2.20. The van der Waals surface area contributed by atoms with Gasteiger partial charge in [0.05, 0.1) is 5.69 Å². The molecule has 130 valence electrons. The lowest BCUT2D eigenvalue weighted by Gasteiger charge is -2.29. The molecule has 0 bridgehead atoms. The molecule has 25 heavy (non-hydrogen) atoms. The van der Waals surface area contributed by atoms with Gasteiger partial charge in [0.1, 0.15) is 6.10 Å². The highest BCUT2D eigenvalue weighted by atomic mass is 16.7. The molecule has 1 amide bonds. The summed E-state index contributed by atoms with van der Waals surface area (Å²) in [5.41, 5.74) is 4.02. The van der Waals surface area contributed by atoms with Crippen LogP contribution in [-0.4, -0.2) is 47.1 Å². The van der Waals surface area contributed by atoms with E-state index in [1.54, 1.807) is 0 Å². The second-order valence-corrected chi connectivity index (χ2v) is 6.61. The van der Waals surface area contributed by atoms with Crippen LogP contribution in [0, 0.1) is 0 Å². The molecule has 1 aromatic heterocycles. The first-order valence-corrected chi connectivity index (χ1v) is 8.66. The summed E-state index contributed by atoms with van der Waals surface area (Å²) in [5.74, 6) is 1.58. The SMILES string of the molecule is O=C(C1CCCO1)N1CCc2[nH]nc(-c3ccc4c(c3)OCO4)c2C1. The molecule has 3 aliphatic rings. The van der Waals surface area contributed by atoms with Gasteiger partial charge >= 0.3 is 0 Å². The molecule has 1 unspecified atom stereocenters. The molecule has 2 aromatic rings. The Balaban J connectivity index is 1.43. The lowest BCUT2D eigenvalue weighted by Crippen LogP contribution is -2.41. The zero-order valence-corrected chi connectivity index (χ0v) is 13.8. The van der Waals surface area contributed by atoms with Gasteiger partial charge in [-0.15, -0.1) is 0 Å². The smallest absolute Gasteiger partial charge is 0.252 e. The Bertz CT molecular complexity index is 826. The highest BCUT2D eigenvalue weighted by Crippen LogP contribution is 2.37. The zero-order chi connectivity index (χ0) is 16.8. The van der Waals surface area contributed by atoms with E-state index in [1.807, 2.05) is 23.1 Å². The van der Waals surface area contributed by atoms with Crippen LogP contribution < -0.4 is 9.47 Å². The first-order valence-electron chi connectivity index (χ1n) is 8.66. The van der Waals surface area contributed by atoms with Crippen LogP contribution in [0.4, 0.5) is 0 Å². The van der Waals surface area contributed by atoms with E-state index in [-0.39, 0.29) is 18.8 Å². The molecular formula is C18H19N3O4. The molecule has 1 fully saturated rings. The fourth-order valence-corrected chi connectivity index (χ4v) is 3.74. The van der Waals surface area contributed by atoms with E-state index < -0.39 is 0 Å². The van der Waals surface area contributed by atoms with Gasteiger partial charge in [0.25, 0.3) is 5.91 Å². The Morgan fingerprint density at radius 3 is 3.08 bits per heavy atom. The standard InChI is InChI=1S/C18H19N3O4/c22-18(15-2-1-7-23-15)21-6-5-13-12(9-21)17(20-19-13)11-3-4-14-16(8-11)25-10-24-14/h3-4,8,15H,1-2,5-7,9-10H2,(H,19,20). The third-order valence-corrected chi connectivity index (χ3v) is 5.10. The molecule has 0 aliphatic carbocycles. The van der Waals surface area contributed by atoms with Gasteiger partial charge in [-0.1, -0.05) is 0 Å². The molecule has 5 rings (SSSR count). The van der Waals surface area contributed by atoms with E-state index in [0.29, 0.717) is 19.7 Å². The van der Waals surface area contributed by atoms with E-state index in [9.17, 15) is 4.79 Å². The summed E-state index contributed by atoms with van der Waals surface area (Å²) in [4.78, 5) is 14.6. The van der Waals surface area contributed by atoms with Crippen molar-refractivity contribution in [1.29, 1.82) is 0 Å². The predicted octanol–water partition coefficient (Wildman–Crippen LogP) is 1.87. The van der Waals surface area contributed by atoms with Crippen molar-refractivity contribution in [2.24, 2.45) is 0 Å². The topological polar surface area (TPSA) is 76.7 Å². The van der Waals surface area contributed by atoms with Crippen LogP contribution in [0.15, 0.2) is 18.2 Å². The van der Waals surface area contributed by atoms with Crippen LogP contribution in [0.1, 0.15) is 24.1 Å². The number of nitrogens with zero attached hydrogens (tertiary/aromatic N) is 2. The highest BCUT2D eigenvalue weighted by Gasteiger charge is 2.32. The van der Waals surface area contributed by atoms with Crippen LogP contribution in [0.25, 0.3) is 11.3 Å². The minimum Gasteiger partial charge on any atom is -0.454 e. The summed E-state index contributed by atoms with van der Waals surface area (Å²) in [6, 6.07) is 5.82. The maximum Gasteiger partial charge on any atom is 0.252 e. The van der Waals surface area contributed by atoms with Gasteiger partial charge in [-0.05, 0) is 31.0 Å². The number of fused-ring (bicyclic) bond motifs is 2. The average molecular weight is 341 g/mol. The summed E-state index contributed by atoms with van der Waals surface area (Å²) < 4.78 is 16.4. The number of ether oxygens (including phenoxy) is 3. The van der Waals surface area contributed by atoms with E-state index in [0.717, 1.165) is 53.3 Å². The van der Waals surface area contributed by atoms with Crippen molar-refractivity contribution >= 4 is 5.91 Å². The van der Waals surface area contributed by atoms with Crippen LogP contribution in [-0.2, 0) is 22.5 Å². The third-order valence-electron chi connectivity index (χ3n) is 5.10. The summed E-state index contributed by atoms with van der Waals surface area (Å²) >= 11 is 0. The average Bonchev–Trinajstić information content (AvgIpc) is 3.39. The molecule has 0 saturated carbocycles. The van der Waals surface area contributed by atoms with Gasteiger partial charge in [-0.2, -0.15) is 5.10 Å². The molecule has 4 heterocycles. The second kappa shape index (κ2) is 5.77. The molecule has 1 aromatic carbocycles. The number of amides is 1. The molecular weight excluding hydrogens is 322 g/mol. The molecule has 1 N–H and O–H groups in total. The van der Waals surface area contributed by atoms with Crippen LogP contribution in [0.5, 0.6) is 11.5 Å². The Morgan fingerprint density at radius 2 is 2.20 bits per heavy atom. The number of carbonyl (C=O) groups is 1. The summed E-state index contributed by atoms with van der Waals surface area (Å²) in [6.07, 6.45) is 2.29. The van der Waals surface area contributed by atoms with Gasteiger partial charge in [-0.25, -0.2) is 0 Å². The van der Waals surface area contributed by atoms with E-state index in [4.69, 9.17) is 14.2 Å². The summed E-state index contributed by atoms with van der Waals surface area (Å²) in [5, 5.41) is 7.62. The Labute approximate surface area is 144 Å². The van der Waals surface area contributed by atoms with Crippen molar-refractivity contribution in [3.05, 3.63) is 29.5 Å². The van der Waals surface area contributed by atoms with Crippen molar-refractivity contribution < 1.29 is 19.0 Å². The minimum absolute atomic E-state index is 0.0981. The zero-order valence-electron chi connectivity index (χ0n) is 13.8. The van der Waals surface area contributed by atoms with Gasteiger partial charge in [0.15, 0.2) is 11.5 Å². The largest absolute Gasteiger partial charge is 0.454 e. The first kappa shape index (κ1) is 14.8. The minimum atomic E-state index is -0.276. The van der Waals surface area contributed by atoms with Gasteiger partial charge in [0.2, 0.25) is 6.79 Å². The maximum atomic E-state index is 12.7. The van der Waals surface area contributed by atoms with Crippen LogP contribution in [0.3, 0.4) is 0 Å². The van der Waals surface area contributed by atoms with Gasteiger partial charge < -0.3 is 19.1 Å². The quantitative estimate of drug-likeness (QED) is 0.902. The number of hydrogen-bond acceptors (Lipinski definition) is 5. The number of carbonyl (C=O) groups excluding carboxylic acids is 1. The number of aromatic nitrogens is 2. The van der Waals surface area contributed by atoms with Crippen LogP contribution in [0.2, 0.25) is 0 Å². The van der Waals surface area contributed by atoms with Crippen molar-refractivity contribution in [2.45, 2.75) is 31.9 Å². The van der Waals surface area contributed by atoms with Crippen molar-refractivity contribution in [2.75, 3.05) is 19.9 Å². The van der Waals surface area contributed by atoms with Crippen molar-refractivity contribution in [1.82, 2.24) is 15.1 Å². The summed E-state index contributed by atoms with van der Waals surface area (Å²) in [7, 11) is 0. The third kappa shape index (κ3) is 2.46. The second-order valence-electron chi connectivity index (χ2n) is 6.61. The molecule has 1 atom stereocenters. The highest BCUT2D eigenvalue weighted by molar-refractivity contribution is 5.82. The predicted molar refractivity (Wildman–Crippen MR) is 88.2 cm³/mol. The van der Waals surface area contributed by atoms with Gasteiger partial charge in [-0.3, -0.25) is 9.89 Å². The van der Waals surface area contributed by atoms with Crippen LogP contribution >= 0.6 is 0 Å². The first-order chi connectivity index (χ1) is 12.3.